The highest BCUT2D eigenvalue weighted by Crippen LogP contribution is 2.27. The van der Waals surface area contributed by atoms with Crippen LogP contribution in [0.2, 0.25) is 0 Å². The number of rotatable bonds is 3. The Labute approximate surface area is 104 Å². The van der Waals surface area contributed by atoms with Crippen LogP contribution in [0.15, 0.2) is 24.3 Å². The summed E-state index contributed by atoms with van der Waals surface area (Å²) in [6.07, 6.45) is 3.98. The minimum Gasteiger partial charge on any atom is -0.489 e. The van der Waals surface area contributed by atoms with E-state index in [9.17, 15) is 0 Å². The van der Waals surface area contributed by atoms with Gasteiger partial charge in [-0.15, -0.1) is 0 Å². The van der Waals surface area contributed by atoms with Crippen LogP contribution in [0.25, 0.3) is 0 Å². The summed E-state index contributed by atoms with van der Waals surface area (Å²) in [5, 5.41) is 3.38. The van der Waals surface area contributed by atoms with E-state index in [1.807, 2.05) is 7.05 Å². The normalized spacial score (nSPS) is 29.0. The highest BCUT2D eigenvalue weighted by Gasteiger charge is 2.28. The summed E-state index contributed by atoms with van der Waals surface area (Å²) in [4.78, 5) is 0. The molecule has 1 N–H and O–H groups in total. The molecule has 0 aliphatic heterocycles. The third-order valence-corrected chi connectivity index (χ3v) is 3.73. The Morgan fingerprint density at radius 1 is 1.18 bits per heavy atom. The van der Waals surface area contributed by atoms with Gasteiger partial charge < -0.3 is 10.1 Å². The molecule has 0 amide bonds. The number of hydrogen-bond donors (Lipinski definition) is 1. The second kappa shape index (κ2) is 5.54. The zero-order chi connectivity index (χ0) is 12.3. The van der Waals surface area contributed by atoms with Crippen LogP contribution in [0.4, 0.5) is 0 Å². The first-order valence-electron chi connectivity index (χ1n) is 6.59. The number of nitrogens with one attached hydrogen (secondary N) is 1. The lowest BCUT2D eigenvalue weighted by Gasteiger charge is -2.34. The van der Waals surface area contributed by atoms with Crippen molar-refractivity contribution in [3.63, 3.8) is 0 Å². The molecule has 0 saturated heterocycles. The fraction of sp³-hybridized carbons (Fsp3) is 0.600. The summed E-state index contributed by atoms with van der Waals surface area (Å²) in [7, 11) is 2.03. The van der Waals surface area contributed by atoms with Gasteiger partial charge in [-0.25, -0.2) is 0 Å². The quantitative estimate of drug-likeness (QED) is 0.866. The van der Waals surface area contributed by atoms with Gasteiger partial charge in [-0.05, 0) is 51.3 Å². The average molecular weight is 233 g/mol. The van der Waals surface area contributed by atoms with Crippen molar-refractivity contribution < 1.29 is 4.74 Å². The fourth-order valence-corrected chi connectivity index (χ4v) is 2.58. The molecule has 17 heavy (non-hydrogen) atoms. The first kappa shape index (κ1) is 12.4. The van der Waals surface area contributed by atoms with Gasteiger partial charge in [-0.3, -0.25) is 0 Å². The van der Waals surface area contributed by atoms with Crippen molar-refractivity contribution >= 4 is 0 Å². The summed E-state index contributed by atoms with van der Waals surface area (Å²) in [5.74, 6) is 1.77. The largest absolute Gasteiger partial charge is 0.489 e. The lowest BCUT2D eigenvalue weighted by molar-refractivity contribution is 0.0944. The Bertz CT molecular complexity index is 346. The Balaban J connectivity index is 2.02. The fourth-order valence-electron chi connectivity index (χ4n) is 2.58. The van der Waals surface area contributed by atoms with E-state index in [-0.39, 0.29) is 0 Å². The molecular formula is C15H23NO. The molecule has 0 aromatic heterocycles. The predicted molar refractivity (Wildman–Crippen MR) is 71.5 cm³/mol. The van der Waals surface area contributed by atoms with Gasteiger partial charge in [-0.1, -0.05) is 24.6 Å². The standard InChI is InChI=1S/C15H23NO/c1-11-4-7-13(8-5-11)17-15-10-12(2)6-9-14(15)16-3/h4-5,7-8,12,14-16H,6,9-10H2,1-3H3. The SMILES string of the molecule is CNC1CCC(C)CC1Oc1ccc(C)cc1. The first-order valence-corrected chi connectivity index (χ1v) is 6.59. The molecule has 1 aliphatic carbocycles. The third kappa shape index (κ3) is 3.22. The lowest BCUT2D eigenvalue weighted by Crippen LogP contribution is -2.45. The van der Waals surface area contributed by atoms with Crippen LogP contribution >= 0.6 is 0 Å². The number of likely N-dealkylation sites (N-methyl/N-ethyl adjacent to an activating group) is 1. The molecule has 1 aromatic rings. The van der Waals surface area contributed by atoms with Crippen LogP contribution in [0.1, 0.15) is 31.7 Å². The molecular weight excluding hydrogens is 210 g/mol. The molecule has 1 fully saturated rings. The summed E-state index contributed by atoms with van der Waals surface area (Å²) in [6.45, 7) is 4.42. The highest BCUT2D eigenvalue weighted by atomic mass is 16.5. The highest BCUT2D eigenvalue weighted by molar-refractivity contribution is 5.26. The second-order valence-corrected chi connectivity index (χ2v) is 5.28. The van der Waals surface area contributed by atoms with E-state index in [1.54, 1.807) is 0 Å². The van der Waals surface area contributed by atoms with Gasteiger partial charge in [0.05, 0.1) is 0 Å². The smallest absolute Gasteiger partial charge is 0.119 e. The van der Waals surface area contributed by atoms with E-state index >= 15 is 0 Å². The number of aryl methyl sites for hydroxylation is 1. The van der Waals surface area contributed by atoms with Crippen molar-refractivity contribution in [2.75, 3.05) is 7.05 Å². The minimum absolute atomic E-state index is 0.312. The van der Waals surface area contributed by atoms with Gasteiger partial charge in [0.2, 0.25) is 0 Å². The maximum absolute atomic E-state index is 6.12. The summed E-state index contributed by atoms with van der Waals surface area (Å²) >= 11 is 0. The van der Waals surface area contributed by atoms with Gasteiger partial charge in [0.25, 0.3) is 0 Å². The van der Waals surface area contributed by atoms with Crippen molar-refractivity contribution in [2.24, 2.45) is 5.92 Å². The second-order valence-electron chi connectivity index (χ2n) is 5.28. The molecule has 94 valence electrons. The van der Waals surface area contributed by atoms with Gasteiger partial charge in [0.1, 0.15) is 11.9 Å². The molecule has 2 heteroatoms. The Morgan fingerprint density at radius 2 is 1.88 bits per heavy atom. The van der Waals surface area contributed by atoms with Crippen molar-refractivity contribution in [1.82, 2.24) is 5.32 Å². The lowest BCUT2D eigenvalue weighted by atomic mass is 9.85. The van der Waals surface area contributed by atoms with Gasteiger partial charge in [0, 0.05) is 6.04 Å². The van der Waals surface area contributed by atoms with E-state index in [0.29, 0.717) is 12.1 Å². The maximum Gasteiger partial charge on any atom is 0.119 e. The molecule has 1 saturated carbocycles. The Kier molecular flexibility index (Phi) is 4.06. The summed E-state index contributed by atoms with van der Waals surface area (Å²) in [5.41, 5.74) is 1.28. The van der Waals surface area contributed by atoms with E-state index in [0.717, 1.165) is 18.1 Å². The van der Waals surface area contributed by atoms with Crippen molar-refractivity contribution in [3.8, 4) is 5.75 Å². The van der Waals surface area contributed by atoms with Crippen molar-refractivity contribution in [2.45, 2.75) is 45.3 Å². The van der Waals surface area contributed by atoms with E-state index in [4.69, 9.17) is 4.74 Å². The first-order chi connectivity index (χ1) is 8.19. The van der Waals surface area contributed by atoms with Gasteiger partial charge in [-0.2, -0.15) is 0 Å². The molecule has 3 unspecified atom stereocenters. The Hall–Kier alpha value is -1.02. The predicted octanol–water partition coefficient (Wildman–Crippen LogP) is 3.15. The number of hydrogen-bond acceptors (Lipinski definition) is 2. The molecule has 2 nitrogen and oxygen atoms in total. The topological polar surface area (TPSA) is 21.3 Å². The molecule has 3 atom stereocenters. The van der Waals surface area contributed by atoms with Crippen LogP contribution in [0, 0.1) is 12.8 Å². The Morgan fingerprint density at radius 3 is 2.53 bits per heavy atom. The molecule has 0 heterocycles. The monoisotopic (exact) mass is 233 g/mol. The number of benzene rings is 1. The van der Waals surface area contributed by atoms with Crippen molar-refractivity contribution in [3.05, 3.63) is 29.8 Å². The van der Waals surface area contributed by atoms with Crippen LogP contribution in [0.5, 0.6) is 5.75 Å². The molecule has 2 rings (SSSR count). The van der Waals surface area contributed by atoms with Gasteiger partial charge in [0.15, 0.2) is 0 Å². The molecule has 0 radical (unpaired) electrons. The molecule has 1 aromatic carbocycles. The van der Waals surface area contributed by atoms with Crippen molar-refractivity contribution in [1.29, 1.82) is 0 Å². The average Bonchev–Trinajstić information content (AvgIpc) is 2.32. The zero-order valence-corrected chi connectivity index (χ0v) is 11.1. The molecule has 0 spiro atoms. The van der Waals surface area contributed by atoms with E-state index in [2.05, 4.69) is 43.4 Å². The van der Waals surface area contributed by atoms with E-state index < -0.39 is 0 Å². The summed E-state index contributed by atoms with van der Waals surface area (Å²) in [6, 6.07) is 8.85. The zero-order valence-electron chi connectivity index (χ0n) is 11.1. The van der Waals surface area contributed by atoms with Gasteiger partial charge >= 0.3 is 0 Å². The van der Waals surface area contributed by atoms with E-state index in [1.165, 1.54) is 18.4 Å². The summed E-state index contributed by atoms with van der Waals surface area (Å²) < 4.78 is 6.12. The third-order valence-electron chi connectivity index (χ3n) is 3.73. The van der Waals surface area contributed by atoms with Crippen LogP contribution in [-0.4, -0.2) is 19.2 Å². The maximum atomic E-state index is 6.12. The van der Waals surface area contributed by atoms with Crippen LogP contribution in [-0.2, 0) is 0 Å². The van der Waals surface area contributed by atoms with Crippen LogP contribution < -0.4 is 10.1 Å². The molecule has 0 bridgehead atoms. The minimum atomic E-state index is 0.312. The number of ether oxygens (including phenoxy) is 1. The van der Waals surface area contributed by atoms with Crippen LogP contribution in [0.3, 0.4) is 0 Å². The molecule has 1 aliphatic rings.